The largest absolute Gasteiger partial charge is 0.307 e. The first-order chi connectivity index (χ1) is 9.55. The lowest BCUT2D eigenvalue weighted by Gasteiger charge is -2.31. The van der Waals surface area contributed by atoms with Gasteiger partial charge in [-0.3, -0.25) is 4.79 Å². The van der Waals surface area contributed by atoms with Crippen molar-refractivity contribution in [3.63, 3.8) is 0 Å². The van der Waals surface area contributed by atoms with E-state index in [1.165, 1.54) is 6.92 Å². The Balaban J connectivity index is 2.69. The minimum Gasteiger partial charge on any atom is -0.307 e. The highest BCUT2D eigenvalue weighted by atomic mass is 19.1. The van der Waals surface area contributed by atoms with Gasteiger partial charge in [0.25, 0.3) is 5.56 Å². The highest BCUT2D eigenvalue weighted by molar-refractivity contribution is 5.33. The van der Waals surface area contributed by atoms with Crippen molar-refractivity contribution in [1.82, 2.24) is 9.97 Å². The Hall–Kier alpha value is -1.97. The number of aromatic nitrogens is 2. The zero-order chi connectivity index (χ0) is 14.8. The fraction of sp³-hybridized carbons (Fsp3) is 0.375. The van der Waals surface area contributed by atoms with Crippen molar-refractivity contribution in [2.45, 2.75) is 39.0 Å². The maximum Gasteiger partial charge on any atom is 0.287 e. The van der Waals surface area contributed by atoms with Gasteiger partial charge in [-0.2, -0.15) is 4.39 Å². The number of benzene rings is 1. The molecule has 0 aliphatic rings. The van der Waals surface area contributed by atoms with Crippen LogP contribution in [0.15, 0.2) is 35.1 Å². The quantitative estimate of drug-likeness (QED) is 0.929. The molecule has 0 fully saturated rings. The summed E-state index contributed by atoms with van der Waals surface area (Å²) in [6, 6.07) is 9.91. The number of aromatic amines is 1. The fourth-order valence-corrected chi connectivity index (χ4v) is 2.69. The number of hydrogen-bond acceptors (Lipinski definition) is 2. The summed E-state index contributed by atoms with van der Waals surface area (Å²) in [7, 11) is 0. The number of nitrogens with zero attached hydrogens (tertiary/aromatic N) is 1. The van der Waals surface area contributed by atoms with Crippen molar-refractivity contribution in [1.29, 1.82) is 0 Å². The van der Waals surface area contributed by atoms with Crippen LogP contribution < -0.4 is 5.56 Å². The van der Waals surface area contributed by atoms with Gasteiger partial charge in [-0.15, -0.1) is 0 Å². The van der Waals surface area contributed by atoms with Crippen molar-refractivity contribution >= 4 is 0 Å². The van der Waals surface area contributed by atoms with E-state index in [0.29, 0.717) is 5.82 Å². The van der Waals surface area contributed by atoms with Gasteiger partial charge in [0.05, 0.1) is 11.1 Å². The van der Waals surface area contributed by atoms with Crippen molar-refractivity contribution in [2.24, 2.45) is 0 Å². The van der Waals surface area contributed by atoms with Crippen LogP contribution in [0.2, 0.25) is 0 Å². The molecule has 0 spiro atoms. The predicted molar refractivity (Wildman–Crippen MR) is 77.4 cm³/mol. The molecule has 20 heavy (non-hydrogen) atoms. The maximum absolute atomic E-state index is 13.5. The van der Waals surface area contributed by atoms with Gasteiger partial charge >= 0.3 is 0 Å². The molecule has 0 aliphatic heterocycles. The predicted octanol–water partition coefficient (Wildman–Crippen LogP) is 3.32. The van der Waals surface area contributed by atoms with Crippen LogP contribution in [0.4, 0.5) is 4.39 Å². The molecule has 1 N–H and O–H groups in total. The van der Waals surface area contributed by atoms with E-state index in [1.54, 1.807) is 0 Å². The van der Waals surface area contributed by atoms with Gasteiger partial charge in [-0.25, -0.2) is 4.98 Å². The Kier molecular flexibility index (Phi) is 4.02. The SMILES string of the molecule is CCC(CC)(c1ccccc1)c1nc(C)c(F)c(=O)[nH]1. The fourth-order valence-electron chi connectivity index (χ4n) is 2.69. The average molecular weight is 274 g/mol. The molecular formula is C16H19FN2O. The molecule has 1 heterocycles. The van der Waals surface area contributed by atoms with E-state index in [9.17, 15) is 9.18 Å². The molecule has 0 saturated heterocycles. The Morgan fingerprint density at radius 3 is 2.30 bits per heavy atom. The summed E-state index contributed by atoms with van der Waals surface area (Å²) >= 11 is 0. The summed E-state index contributed by atoms with van der Waals surface area (Å²) < 4.78 is 13.5. The lowest BCUT2D eigenvalue weighted by molar-refractivity contribution is 0.439. The molecule has 106 valence electrons. The molecule has 1 aromatic heterocycles. The second-order valence-corrected chi connectivity index (χ2v) is 4.97. The summed E-state index contributed by atoms with van der Waals surface area (Å²) in [6.45, 7) is 5.62. The van der Waals surface area contributed by atoms with Gasteiger partial charge in [0, 0.05) is 0 Å². The Morgan fingerprint density at radius 1 is 1.20 bits per heavy atom. The third-order valence-corrected chi connectivity index (χ3v) is 4.02. The summed E-state index contributed by atoms with van der Waals surface area (Å²) in [5, 5.41) is 0. The first-order valence-corrected chi connectivity index (χ1v) is 6.87. The Labute approximate surface area is 117 Å². The molecule has 0 atom stereocenters. The van der Waals surface area contributed by atoms with Gasteiger partial charge in [-0.1, -0.05) is 44.2 Å². The molecule has 2 rings (SSSR count). The van der Waals surface area contributed by atoms with Gasteiger partial charge in [-0.05, 0) is 25.3 Å². The van der Waals surface area contributed by atoms with Gasteiger partial charge in [0.1, 0.15) is 5.82 Å². The zero-order valence-electron chi connectivity index (χ0n) is 12.0. The second-order valence-electron chi connectivity index (χ2n) is 4.97. The smallest absolute Gasteiger partial charge is 0.287 e. The number of aryl methyl sites for hydroxylation is 1. The van der Waals surface area contributed by atoms with Crippen LogP contribution in [-0.2, 0) is 5.41 Å². The number of H-pyrrole nitrogens is 1. The Morgan fingerprint density at radius 2 is 1.80 bits per heavy atom. The molecule has 1 aromatic carbocycles. The zero-order valence-corrected chi connectivity index (χ0v) is 12.0. The van der Waals surface area contributed by atoms with E-state index < -0.39 is 16.8 Å². The number of nitrogens with one attached hydrogen (secondary N) is 1. The third kappa shape index (κ3) is 2.26. The molecule has 0 amide bonds. The first-order valence-electron chi connectivity index (χ1n) is 6.87. The minimum absolute atomic E-state index is 0.144. The highest BCUT2D eigenvalue weighted by Crippen LogP contribution is 2.36. The van der Waals surface area contributed by atoms with Gasteiger partial charge in [0.15, 0.2) is 0 Å². The molecule has 0 unspecified atom stereocenters. The lowest BCUT2D eigenvalue weighted by Crippen LogP contribution is -2.32. The highest BCUT2D eigenvalue weighted by Gasteiger charge is 2.33. The molecule has 0 bridgehead atoms. The van der Waals surface area contributed by atoms with Crippen molar-refractivity contribution in [3.8, 4) is 0 Å². The van der Waals surface area contributed by atoms with E-state index in [4.69, 9.17) is 0 Å². The minimum atomic E-state index is -0.803. The molecule has 3 nitrogen and oxygen atoms in total. The molecule has 0 radical (unpaired) electrons. The van der Waals surface area contributed by atoms with Gasteiger partial charge in [0.2, 0.25) is 5.82 Å². The van der Waals surface area contributed by atoms with E-state index in [1.807, 2.05) is 30.3 Å². The number of hydrogen-bond donors (Lipinski definition) is 1. The normalized spacial score (nSPS) is 11.6. The maximum atomic E-state index is 13.5. The van der Waals surface area contributed by atoms with E-state index in [-0.39, 0.29) is 5.69 Å². The average Bonchev–Trinajstić information content (AvgIpc) is 2.47. The summed E-state index contributed by atoms with van der Waals surface area (Å²) in [5.74, 6) is -0.263. The molecule has 4 heteroatoms. The summed E-state index contributed by atoms with van der Waals surface area (Å²) in [5.41, 5.74) is 0.138. The molecule has 0 aliphatic carbocycles. The third-order valence-electron chi connectivity index (χ3n) is 4.02. The molecule has 0 saturated carbocycles. The van der Waals surface area contributed by atoms with Crippen LogP contribution in [0.25, 0.3) is 0 Å². The van der Waals surface area contributed by atoms with Crippen LogP contribution in [0.3, 0.4) is 0 Å². The second kappa shape index (κ2) is 5.57. The number of halogens is 1. The van der Waals surface area contributed by atoms with Crippen LogP contribution in [-0.4, -0.2) is 9.97 Å². The standard InChI is InChI=1S/C16H19FN2O/c1-4-16(5-2,12-9-7-6-8-10-12)15-18-11(3)13(17)14(20)19-15/h6-10H,4-5H2,1-3H3,(H,18,19,20). The van der Waals surface area contributed by atoms with Crippen molar-refractivity contribution < 1.29 is 4.39 Å². The monoisotopic (exact) mass is 274 g/mol. The summed E-state index contributed by atoms with van der Waals surface area (Å²) in [6.07, 6.45) is 1.56. The molecule has 2 aromatic rings. The topological polar surface area (TPSA) is 45.8 Å². The molecular weight excluding hydrogens is 255 g/mol. The van der Waals surface area contributed by atoms with E-state index >= 15 is 0 Å². The number of rotatable bonds is 4. The van der Waals surface area contributed by atoms with E-state index in [2.05, 4.69) is 23.8 Å². The van der Waals surface area contributed by atoms with Crippen molar-refractivity contribution in [2.75, 3.05) is 0 Å². The van der Waals surface area contributed by atoms with E-state index in [0.717, 1.165) is 18.4 Å². The van der Waals surface area contributed by atoms with Crippen LogP contribution >= 0.6 is 0 Å². The van der Waals surface area contributed by atoms with Crippen LogP contribution in [0.5, 0.6) is 0 Å². The Bertz CT molecular complexity index is 645. The van der Waals surface area contributed by atoms with Gasteiger partial charge < -0.3 is 4.98 Å². The van der Waals surface area contributed by atoms with Crippen LogP contribution in [0.1, 0.15) is 43.8 Å². The lowest BCUT2D eigenvalue weighted by atomic mass is 9.75. The van der Waals surface area contributed by atoms with Crippen molar-refractivity contribution in [3.05, 3.63) is 63.6 Å². The first kappa shape index (κ1) is 14.4. The van der Waals surface area contributed by atoms with Crippen LogP contribution in [0, 0.1) is 12.7 Å². The summed E-state index contributed by atoms with van der Waals surface area (Å²) in [4.78, 5) is 18.6.